The van der Waals surface area contributed by atoms with Crippen LogP contribution in [0.2, 0.25) is 0 Å². The Morgan fingerprint density at radius 2 is 2.08 bits per heavy atom. The van der Waals surface area contributed by atoms with Crippen molar-refractivity contribution in [3.8, 4) is 0 Å². The van der Waals surface area contributed by atoms with Crippen molar-refractivity contribution in [2.75, 3.05) is 13.2 Å². The van der Waals surface area contributed by atoms with Crippen LogP contribution in [0.1, 0.15) is 12.8 Å². The monoisotopic (exact) mass is 209 g/mol. The molecule has 1 aromatic rings. The van der Waals surface area contributed by atoms with Gasteiger partial charge >= 0.3 is 19.3 Å². The van der Waals surface area contributed by atoms with Gasteiger partial charge in [0.25, 0.3) is 0 Å². The van der Waals surface area contributed by atoms with Crippen molar-refractivity contribution in [2.45, 2.75) is 12.8 Å². The third-order valence-corrected chi connectivity index (χ3v) is 3.20. The Bertz CT molecular complexity index is 209. The van der Waals surface area contributed by atoms with E-state index in [-0.39, 0.29) is 0 Å². The van der Waals surface area contributed by atoms with Crippen molar-refractivity contribution in [1.82, 2.24) is 4.98 Å². The van der Waals surface area contributed by atoms with E-state index in [0.717, 1.165) is 17.0 Å². The van der Waals surface area contributed by atoms with Crippen LogP contribution in [0.4, 0.5) is 0 Å². The number of aromatic nitrogens is 1. The maximum Gasteiger partial charge on any atom is 0.564 e. The molecule has 0 spiro atoms. The zero-order valence-corrected chi connectivity index (χ0v) is 9.75. The van der Waals surface area contributed by atoms with Gasteiger partial charge in [-0.2, -0.15) is 0 Å². The van der Waals surface area contributed by atoms with Crippen LogP contribution in [-0.4, -0.2) is 37.5 Å². The topological polar surface area (TPSA) is 22.1 Å². The van der Waals surface area contributed by atoms with Crippen LogP contribution in [0.3, 0.4) is 0 Å². The molecule has 1 fully saturated rings. The summed E-state index contributed by atoms with van der Waals surface area (Å²) in [5.41, 5.74) is 0. The van der Waals surface area contributed by atoms with Crippen LogP contribution in [0.5, 0.6) is 0 Å². The fraction of sp³-hybridized carbons (Fsp3) is 0.444. The van der Waals surface area contributed by atoms with Crippen LogP contribution in [0.15, 0.2) is 24.4 Å². The molecule has 0 atom stereocenters. The van der Waals surface area contributed by atoms with Crippen LogP contribution in [-0.2, 0) is 4.74 Å². The number of hydrogen-bond donors (Lipinski definition) is 0. The van der Waals surface area contributed by atoms with Crippen LogP contribution < -0.4 is 3.82 Å². The summed E-state index contributed by atoms with van der Waals surface area (Å²) in [5, 5.41) is 0. The minimum atomic E-state index is -0.548. The smallest absolute Gasteiger partial charge is 0.381 e. The minimum Gasteiger partial charge on any atom is -0.381 e. The van der Waals surface area contributed by atoms with Gasteiger partial charge in [0.1, 0.15) is 0 Å². The molecule has 2 heterocycles. The van der Waals surface area contributed by atoms with E-state index in [4.69, 9.17) is 13.8 Å². The highest BCUT2D eigenvalue weighted by molar-refractivity contribution is 7.00. The fourth-order valence-corrected chi connectivity index (χ4v) is 1.86. The molecule has 0 radical (unpaired) electrons. The number of hydrogen-bond acceptors (Lipinski definition) is 2. The van der Waals surface area contributed by atoms with Crippen LogP contribution in [0.25, 0.3) is 0 Å². The van der Waals surface area contributed by atoms with E-state index in [1.54, 1.807) is 6.20 Å². The van der Waals surface area contributed by atoms with Crippen molar-refractivity contribution in [1.29, 1.82) is 0 Å². The second-order valence-electron chi connectivity index (χ2n) is 2.77. The van der Waals surface area contributed by atoms with Gasteiger partial charge in [0.05, 0.1) is 0 Å². The van der Waals surface area contributed by atoms with Crippen molar-refractivity contribution in [3.05, 3.63) is 24.4 Å². The first-order valence-corrected chi connectivity index (χ1v) is 7.31. The van der Waals surface area contributed by atoms with Crippen LogP contribution >= 0.6 is 9.07 Å². The summed E-state index contributed by atoms with van der Waals surface area (Å²) in [4.78, 5) is 4.03. The second-order valence-corrected chi connectivity index (χ2v) is 4.57. The normalized spacial score (nSPS) is 14.2. The summed E-state index contributed by atoms with van der Waals surface area (Å²) in [6.45, 7) is 2.00. The van der Waals surface area contributed by atoms with E-state index < -0.39 is 19.3 Å². The zero-order valence-electron chi connectivity index (χ0n) is 7.58. The van der Waals surface area contributed by atoms with Gasteiger partial charge < -0.3 is 13.8 Å². The Morgan fingerprint density at radius 1 is 1.31 bits per heavy atom. The average Bonchev–Trinajstić information content (AvgIpc) is 2.77. The van der Waals surface area contributed by atoms with Crippen molar-refractivity contribution in [2.24, 2.45) is 0 Å². The van der Waals surface area contributed by atoms with Gasteiger partial charge in [-0.25, -0.2) is 0 Å². The third-order valence-electron chi connectivity index (χ3n) is 1.69. The number of ether oxygens (including phenoxy) is 1. The lowest BCUT2D eigenvalue weighted by Crippen LogP contribution is -2.11. The highest BCUT2D eigenvalue weighted by atomic mass is 35.5. The molecule has 0 bridgehead atoms. The van der Waals surface area contributed by atoms with E-state index in [1.807, 2.05) is 18.2 Å². The zero-order chi connectivity index (χ0) is 9.36. The van der Waals surface area contributed by atoms with Gasteiger partial charge in [0.15, 0.2) is 0 Å². The van der Waals surface area contributed by atoms with Crippen molar-refractivity contribution >= 4 is 32.2 Å². The molecule has 2 rings (SSSR count). The summed E-state index contributed by atoms with van der Waals surface area (Å²) in [7, 11) is 5.60. The highest BCUT2D eigenvalue weighted by Gasteiger charge is 1.94. The molecular formula is C9H12ClMgNO. The average molecular weight is 210 g/mol. The van der Waals surface area contributed by atoms with E-state index in [0.29, 0.717) is 0 Å². The molecule has 0 N–H and O–H groups in total. The van der Waals surface area contributed by atoms with Gasteiger partial charge in [0, 0.05) is 19.4 Å². The first kappa shape index (κ1) is 11.2. The molecular weight excluding hydrogens is 198 g/mol. The number of pyridine rings is 1. The Kier molecular flexibility index (Phi) is 6.54. The highest BCUT2D eigenvalue weighted by Crippen LogP contribution is 1.98. The first-order chi connectivity index (χ1) is 6.43. The first-order valence-electron chi connectivity index (χ1n) is 4.47. The molecule has 0 amide bonds. The molecule has 0 aliphatic carbocycles. The number of nitrogens with zero attached hydrogens (tertiary/aromatic N) is 1. The molecule has 68 valence electrons. The summed E-state index contributed by atoms with van der Waals surface area (Å²) >= 11 is -0.548. The fourth-order valence-electron chi connectivity index (χ4n) is 0.987. The van der Waals surface area contributed by atoms with E-state index in [2.05, 4.69) is 4.98 Å². The van der Waals surface area contributed by atoms with E-state index >= 15 is 0 Å². The van der Waals surface area contributed by atoms with Crippen LogP contribution in [0, 0.1) is 0 Å². The lowest BCUT2D eigenvalue weighted by atomic mass is 10.4. The SMILES string of the molecule is C1CCOC1.[Cl][Mg][c]1ccccn1. The molecule has 2 nitrogen and oxygen atoms in total. The summed E-state index contributed by atoms with van der Waals surface area (Å²) in [5.74, 6) is 0. The van der Waals surface area contributed by atoms with Crippen molar-refractivity contribution in [3.63, 3.8) is 0 Å². The molecule has 1 aliphatic heterocycles. The lowest BCUT2D eigenvalue weighted by Gasteiger charge is -1.86. The van der Waals surface area contributed by atoms with Gasteiger partial charge in [-0.1, -0.05) is 16.0 Å². The van der Waals surface area contributed by atoms with Gasteiger partial charge in [0.2, 0.25) is 0 Å². The van der Waals surface area contributed by atoms with Crippen molar-refractivity contribution < 1.29 is 4.74 Å². The molecule has 13 heavy (non-hydrogen) atoms. The Morgan fingerprint density at radius 3 is 2.38 bits per heavy atom. The molecule has 1 saturated heterocycles. The van der Waals surface area contributed by atoms with Gasteiger partial charge in [-0.3, -0.25) is 4.98 Å². The molecule has 0 saturated carbocycles. The molecule has 4 heteroatoms. The summed E-state index contributed by atoms with van der Waals surface area (Å²) in [6.07, 6.45) is 4.32. The molecule has 1 aliphatic rings. The summed E-state index contributed by atoms with van der Waals surface area (Å²) < 4.78 is 6.01. The quantitative estimate of drug-likeness (QED) is 0.652. The van der Waals surface area contributed by atoms with E-state index in [1.165, 1.54) is 12.8 Å². The maximum atomic E-state index is 5.60. The standard InChI is InChI=1S/C5H4N.C4H8O.ClH.Mg/c1-2-4-6-5-3-1;1-2-4-5-3-1;;/h1-4H;1-4H2;1H;/q;;;+1/p-1. The Hall–Kier alpha value is 0.166. The number of rotatable bonds is 1. The predicted molar refractivity (Wildman–Crippen MR) is 55.5 cm³/mol. The largest absolute Gasteiger partial charge is 0.564 e. The third kappa shape index (κ3) is 5.47. The van der Waals surface area contributed by atoms with Gasteiger partial charge in [-0.05, 0) is 18.9 Å². The minimum absolute atomic E-state index is 0.548. The summed E-state index contributed by atoms with van der Waals surface area (Å²) in [6, 6.07) is 5.81. The van der Waals surface area contributed by atoms with E-state index in [9.17, 15) is 0 Å². The molecule has 0 aromatic carbocycles. The Labute approximate surface area is 92.1 Å². The molecule has 1 aromatic heterocycles. The molecule has 0 unspecified atom stereocenters. The lowest BCUT2D eigenvalue weighted by molar-refractivity contribution is 0.198. The van der Waals surface area contributed by atoms with Gasteiger partial charge in [-0.15, -0.1) is 0 Å². The predicted octanol–water partition coefficient (Wildman–Crippen LogP) is 1.36. The maximum absolute atomic E-state index is 5.60. The Balaban J connectivity index is 0.000000145. The number of halogens is 1. The second kappa shape index (κ2) is 7.56.